The molecule has 0 aliphatic rings. The van der Waals surface area contributed by atoms with Gasteiger partial charge in [-0.3, -0.25) is 0 Å². The SMILES string of the molecule is CNc1cccc(Cc2nc(-c3ccccc3)cs2)n1. The van der Waals surface area contributed by atoms with Crippen LogP contribution < -0.4 is 5.32 Å². The number of rotatable bonds is 4. The quantitative estimate of drug-likeness (QED) is 0.789. The number of pyridine rings is 1. The zero-order chi connectivity index (χ0) is 13.8. The van der Waals surface area contributed by atoms with Crippen LogP contribution in [0.25, 0.3) is 11.3 Å². The molecule has 4 heteroatoms. The summed E-state index contributed by atoms with van der Waals surface area (Å²) in [6.07, 6.45) is 0.771. The Morgan fingerprint density at radius 1 is 1.00 bits per heavy atom. The molecule has 3 rings (SSSR count). The van der Waals surface area contributed by atoms with Gasteiger partial charge in [0.2, 0.25) is 0 Å². The van der Waals surface area contributed by atoms with Gasteiger partial charge in [0.05, 0.1) is 10.7 Å². The number of hydrogen-bond donors (Lipinski definition) is 1. The number of nitrogens with zero attached hydrogens (tertiary/aromatic N) is 2. The van der Waals surface area contributed by atoms with Crippen molar-refractivity contribution in [2.45, 2.75) is 6.42 Å². The Morgan fingerprint density at radius 2 is 1.85 bits per heavy atom. The second kappa shape index (κ2) is 5.84. The summed E-state index contributed by atoms with van der Waals surface area (Å²) in [5, 5.41) is 6.25. The molecule has 3 aromatic rings. The van der Waals surface area contributed by atoms with Crippen LogP contribution in [0.5, 0.6) is 0 Å². The van der Waals surface area contributed by atoms with Crippen molar-refractivity contribution in [1.82, 2.24) is 9.97 Å². The van der Waals surface area contributed by atoms with Crippen molar-refractivity contribution in [3.63, 3.8) is 0 Å². The largest absolute Gasteiger partial charge is 0.373 e. The van der Waals surface area contributed by atoms with Crippen molar-refractivity contribution in [2.75, 3.05) is 12.4 Å². The van der Waals surface area contributed by atoms with E-state index in [1.165, 1.54) is 0 Å². The predicted molar refractivity (Wildman–Crippen MR) is 84.1 cm³/mol. The molecule has 3 nitrogen and oxygen atoms in total. The first kappa shape index (κ1) is 12.8. The van der Waals surface area contributed by atoms with E-state index < -0.39 is 0 Å². The molecule has 100 valence electrons. The van der Waals surface area contributed by atoms with Gasteiger partial charge >= 0.3 is 0 Å². The molecule has 0 spiro atoms. The lowest BCUT2D eigenvalue weighted by Crippen LogP contribution is -1.96. The van der Waals surface area contributed by atoms with E-state index in [0.29, 0.717) is 0 Å². The highest BCUT2D eigenvalue weighted by molar-refractivity contribution is 7.10. The first-order valence-corrected chi connectivity index (χ1v) is 7.36. The van der Waals surface area contributed by atoms with E-state index in [-0.39, 0.29) is 0 Å². The third-order valence-corrected chi connectivity index (χ3v) is 3.87. The molecule has 0 bridgehead atoms. The fourth-order valence-corrected chi connectivity index (χ4v) is 2.82. The summed E-state index contributed by atoms with van der Waals surface area (Å²) >= 11 is 1.68. The lowest BCUT2D eigenvalue weighted by molar-refractivity contribution is 1.05. The highest BCUT2D eigenvalue weighted by Crippen LogP contribution is 2.23. The van der Waals surface area contributed by atoms with Crippen LogP contribution in [0, 0.1) is 0 Å². The summed E-state index contributed by atoms with van der Waals surface area (Å²) in [6.45, 7) is 0. The molecule has 0 amide bonds. The average molecular weight is 281 g/mol. The van der Waals surface area contributed by atoms with Gasteiger partial charge in [0, 0.05) is 30.1 Å². The van der Waals surface area contributed by atoms with Gasteiger partial charge in [0.1, 0.15) is 5.82 Å². The number of benzene rings is 1. The van der Waals surface area contributed by atoms with Gasteiger partial charge in [-0.2, -0.15) is 0 Å². The Kier molecular flexibility index (Phi) is 3.74. The van der Waals surface area contributed by atoms with Gasteiger partial charge in [-0.25, -0.2) is 9.97 Å². The molecule has 1 N–H and O–H groups in total. The molecule has 2 aromatic heterocycles. The van der Waals surface area contributed by atoms with E-state index in [0.717, 1.165) is 34.2 Å². The van der Waals surface area contributed by atoms with E-state index in [1.54, 1.807) is 11.3 Å². The Morgan fingerprint density at radius 3 is 2.65 bits per heavy atom. The van der Waals surface area contributed by atoms with Gasteiger partial charge < -0.3 is 5.32 Å². The number of anilines is 1. The molecule has 1 aromatic carbocycles. The molecule has 2 heterocycles. The molecular weight excluding hydrogens is 266 g/mol. The van der Waals surface area contributed by atoms with E-state index in [1.807, 2.05) is 43.4 Å². The van der Waals surface area contributed by atoms with Crippen LogP contribution >= 0.6 is 11.3 Å². The molecule has 0 unspecified atom stereocenters. The zero-order valence-electron chi connectivity index (χ0n) is 11.2. The fraction of sp³-hybridized carbons (Fsp3) is 0.125. The summed E-state index contributed by atoms with van der Waals surface area (Å²) in [4.78, 5) is 9.21. The molecule has 0 aliphatic heterocycles. The van der Waals surface area contributed by atoms with Gasteiger partial charge in [-0.15, -0.1) is 11.3 Å². The van der Waals surface area contributed by atoms with Crippen LogP contribution in [0.1, 0.15) is 10.7 Å². The molecular formula is C16H15N3S. The lowest BCUT2D eigenvalue weighted by Gasteiger charge is -2.01. The maximum Gasteiger partial charge on any atom is 0.125 e. The summed E-state index contributed by atoms with van der Waals surface area (Å²) in [7, 11) is 1.88. The van der Waals surface area contributed by atoms with E-state index in [4.69, 9.17) is 0 Å². The Balaban J connectivity index is 1.80. The first-order valence-electron chi connectivity index (χ1n) is 6.48. The standard InChI is InChI=1S/C16H15N3S/c1-17-15-9-5-8-13(18-15)10-16-19-14(11-20-16)12-6-3-2-4-7-12/h2-9,11H,10H2,1H3,(H,17,18). The maximum absolute atomic E-state index is 4.69. The summed E-state index contributed by atoms with van der Waals surface area (Å²) < 4.78 is 0. The van der Waals surface area contributed by atoms with Crippen molar-refractivity contribution < 1.29 is 0 Å². The van der Waals surface area contributed by atoms with Gasteiger partial charge in [0.15, 0.2) is 0 Å². The number of nitrogens with one attached hydrogen (secondary N) is 1. The first-order chi connectivity index (χ1) is 9.85. The second-order valence-corrected chi connectivity index (χ2v) is 5.38. The van der Waals surface area contributed by atoms with Gasteiger partial charge in [-0.1, -0.05) is 36.4 Å². The molecule has 0 saturated carbocycles. The highest BCUT2D eigenvalue weighted by atomic mass is 32.1. The van der Waals surface area contributed by atoms with Crippen LogP contribution in [0.15, 0.2) is 53.9 Å². The van der Waals surface area contributed by atoms with Crippen LogP contribution in [-0.2, 0) is 6.42 Å². The summed E-state index contributed by atoms with van der Waals surface area (Å²) in [5.41, 5.74) is 3.23. The number of aromatic nitrogens is 2. The maximum atomic E-state index is 4.69. The van der Waals surface area contributed by atoms with Gasteiger partial charge in [-0.05, 0) is 12.1 Å². The van der Waals surface area contributed by atoms with Crippen LogP contribution in [-0.4, -0.2) is 17.0 Å². The minimum atomic E-state index is 0.771. The smallest absolute Gasteiger partial charge is 0.125 e. The molecule has 0 radical (unpaired) electrons. The summed E-state index contributed by atoms with van der Waals surface area (Å²) in [5.74, 6) is 0.891. The highest BCUT2D eigenvalue weighted by Gasteiger charge is 2.06. The normalized spacial score (nSPS) is 10.4. The van der Waals surface area contributed by atoms with E-state index in [9.17, 15) is 0 Å². The minimum absolute atomic E-state index is 0.771. The molecule has 20 heavy (non-hydrogen) atoms. The molecule has 0 aliphatic carbocycles. The Hall–Kier alpha value is -2.20. The average Bonchev–Trinajstić information content (AvgIpc) is 2.97. The molecule has 0 saturated heterocycles. The van der Waals surface area contributed by atoms with Crippen LogP contribution in [0.4, 0.5) is 5.82 Å². The topological polar surface area (TPSA) is 37.8 Å². The predicted octanol–water partition coefficient (Wildman–Crippen LogP) is 3.84. The third-order valence-electron chi connectivity index (χ3n) is 3.02. The molecule has 0 atom stereocenters. The number of hydrogen-bond acceptors (Lipinski definition) is 4. The van der Waals surface area contributed by atoms with Crippen molar-refractivity contribution in [3.05, 3.63) is 64.6 Å². The zero-order valence-corrected chi connectivity index (χ0v) is 12.0. The molecule has 0 fully saturated rings. The Bertz CT molecular complexity index is 692. The van der Waals surface area contributed by atoms with Crippen molar-refractivity contribution >= 4 is 17.2 Å². The van der Waals surface area contributed by atoms with Crippen molar-refractivity contribution in [3.8, 4) is 11.3 Å². The summed E-state index contributed by atoms with van der Waals surface area (Å²) in [6, 6.07) is 16.3. The van der Waals surface area contributed by atoms with Crippen molar-refractivity contribution in [1.29, 1.82) is 0 Å². The number of thiazole rings is 1. The monoisotopic (exact) mass is 281 g/mol. The van der Waals surface area contributed by atoms with Crippen LogP contribution in [0.2, 0.25) is 0 Å². The van der Waals surface area contributed by atoms with Crippen LogP contribution in [0.3, 0.4) is 0 Å². The van der Waals surface area contributed by atoms with Crippen molar-refractivity contribution in [2.24, 2.45) is 0 Å². The lowest BCUT2D eigenvalue weighted by atomic mass is 10.2. The fourth-order valence-electron chi connectivity index (χ4n) is 2.01. The van der Waals surface area contributed by atoms with Gasteiger partial charge in [0.25, 0.3) is 0 Å². The van der Waals surface area contributed by atoms with E-state index >= 15 is 0 Å². The minimum Gasteiger partial charge on any atom is -0.373 e. The second-order valence-electron chi connectivity index (χ2n) is 4.43. The third kappa shape index (κ3) is 2.86. The Labute approximate surface area is 122 Å². The van der Waals surface area contributed by atoms with E-state index in [2.05, 4.69) is 32.8 Å².